The molecule has 9 heteroatoms. The van der Waals surface area contributed by atoms with Gasteiger partial charge in [0.1, 0.15) is 11.4 Å². The van der Waals surface area contributed by atoms with Crippen LogP contribution in [-0.4, -0.2) is 73.3 Å². The van der Waals surface area contributed by atoms with Crippen LogP contribution in [0.15, 0.2) is 35.4 Å². The minimum absolute atomic E-state index is 0.0875. The number of hydrogen-bond acceptors (Lipinski definition) is 7. The summed E-state index contributed by atoms with van der Waals surface area (Å²) in [5, 5.41) is 6.22. The first-order chi connectivity index (χ1) is 15.5. The number of carbonyl (C=O) groups excluding carboxylic acids is 1. The molecule has 1 aliphatic carbocycles. The van der Waals surface area contributed by atoms with Crippen LogP contribution in [0.1, 0.15) is 36.0 Å². The number of likely N-dealkylation sites (N-methyl/N-ethyl adjacent to an activating group) is 1. The second kappa shape index (κ2) is 10.1. The Morgan fingerprint density at radius 2 is 1.88 bits per heavy atom. The molecule has 2 aromatic heterocycles. The average molecular weight is 441 g/mol. The van der Waals surface area contributed by atoms with Gasteiger partial charge in [-0.25, -0.2) is 4.98 Å². The summed E-state index contributed by atoms with van der Waals surface area (Å²) in [6.07, 6.45) is 7.29. The minimum Gasteiger partial charge on any atom is -0.381 e. The Morgan fingerprint density at radius 1 is 1.12 bits per heavy atom. The molecule has 0 bridgehead atoms. The summed E-state index contributed by atoms with van der Waals surface area (Å²) in [6, 6.07) is 5.69. The van der Waals surface area contributed by atoms with Crippen LogP contribution in [0.25, 0.3) is 0 Å². The van der Waals surface area contributed by atoms with Crippen LogP contribution >= 0.6 is 0 Å². The summed E-state index contributed by atoms with van der Waals surface area (Å²) < 4.78 is 5.43. The van der Waals surface area contributed by atoms with Gasteiger partial charge in [0.2, 0.25) is 0 Å². The number of pyridine rings is 2. The topological polar surface area (TPSA) is 103 Å². The SMILES string of the molecule is COC1CCC(Nc2cc[nH]c(=O)c2C(=O)Nc2ccc(N3CCN(C)CC3)nc2)CC1. The number of aromatic nitrogens is 2. The predicted molar refractivity (Wildman–Crippen MR) is 126 cm³/mol. The van der Waals surface area contributed by atoms with Crippen molar-refractivity contribution in [3.8, 4) is 0 Å². The molecule has 1 saturated heterocycles. The maximum Gasteiger partial charge on any atom is 0.263 e. The van der Waals surface area contributed by atoms with Gasteiger partial charge in [-0.3, -0.25) is 9.59 Å². The first-order valence-electron chi connectivity index (χ1n) is 11.3. The van der Waals surface area contributed by atoms with Crippen LogP contribution in [-0.2, 0) is 4.74 Å². The molecule has 2 aromatic rings. The lowest BCUT2D eigenvalue weighted by Gasteiger charge is -2.33. The highest BCUT2D eigenvalue weighted by atomic mass is 16.5. The quantitative estimate of drug-likeness (QED) is 0.632. The van der Waals surface area contributed by atoms with Crippen molar-refractivity contribution >= 4 is 23.1 Å². The van der Waals surface area contributed by atoms with Crippen LogP contribution in [0.5, 0.6) is 0 Å². The Bertz CT molecular complexity index is 960. The first kappa shape index (κ1) is 22.3. The number of nitrogens with zero attached hydrogens (tertiary/aromatic N) is 3. The number of piperazine rings is 1. The maximum absolute atomic E-state index is 13.0. The van der Waals surface area contributed by atoms with Gasteiger partial charge in [0.05, 0.1) is 23.7 Å². The number of amides is 1. The molecule has 172 valence electrons. The number of H-pyrrole nitrogens is 1. The van der Waals surface area contributed by atoms with Crippen molar-refractivity contribution in [3.05, 3.63) is 46.5 Å². The lowest BCUT2D eigenvalue weighted by atomic mass is 9.92. The van der Waals surface area contributed by atoms with Crippen molar-refractivity contribution < 1.29 is 9.53 Å². The smallest absolute Gasteiger partial charge is 0.263 e. The second-order valence-electron chi connectivity index (χ2n) is 8.60. The monoisotopic (exact) mass is 440 g/mol. The van der Waals surface area contributed by atoms with Crippen LogP contribution in [0.4, 0.5) is 17.2 Å². The van der Waals surface area contributed by atoms with Gasteiger partial charge in [0.15, 0.2) is 0 Å². The van der Waals surface area contributed by atoms with E-state index in [1.807, 2.05) is 12.1 Å². The number of anilines is 3. The summed E-state index contributed by atoms with van der Waals surface area (Å²) in [5.74, 6) is 0.441. The van der Waals surface area contributed by atoms with Gasteiger partial charge in [-0.2, -0.15) is 0 Å². The fourth-order valence-corrected chi connectivity index (χ4v) is 4.36. The molecule has 0 atom stereocenters. The zero-order valence-electron chi connectivity index (χ0n) is 18.8. The van der Waals surface area contributed by atoms with Gasteiger partial charge < -0.3 is 30.2 Å². The third-order valence-electron chi connectivity index (χ3n) is 6.39. The molecule has 4 rings (SSSR count). The summed E-state index contributed by atoms with van der Waals surface area (Å²) >= 11 is 0. The van der Waals surface area contributed by atoms with Gasteiger partial charge in [-0.15, -0.1) is 0 Å². The number of carbonyl (C=O) groups is 1. The van der Waals surface area contributed by atoms with Crippen LogP contribution in [0, 0.1) is 0 Å². The van der Waals surface area contributed by atoms with Gasteiger partial charge in [0.25, 0.3) is 11.5 Å². The molecular formula is C23H32N6O3. The highest BCUT2D eigenvalue weighted by Crippen LogP contribution is 2.25. The third-order valence-corrected chi connectivity index (χ3v) is 6.39. The summed E-state index contributed by atoms with van der Waals surface area (Å²) in [7, 11) is 3.85. The molecule has 3 N–H and O–H groups in total. The van der Waals surface area contributed by atoms with Gasteiger partial charge in [0, 0.05) is 45.5 Å². The highest BCUT2D eigenvalue weighted by Gasteiger charge is 2.24. The van der Waals surface area contributed by atoms with E-state index in [1.54, 1.807) is 25.6 Å². The van der Waals surface area contributed by atoms with Crippen LogP contribution in [0.2, 0.25) is 0 Å². The highest BCUT2D eigenvalue weighted by molar-refractivity contribution is 6.07. The van der Waals surface area contributed by atoms with E-state index in [4.69, 9.17) is 4.74 Å². The molecule has 9 nitrogen and oxygen atoms in total. The number of nitrogens with one attached hydrogen (secondary N) is 3. The van der Waals surface area contributed by atoms with E-state index in [9.17, 15) is 9.59 Å². The largest absolute Gasteiger partial charge is 0.381 e. The number of methoxy groups -OCH3 is 1. The normalized spacial score (nSPS) is 21.9. The fraction of sp³-hybridized carbons (Fsp3) is 0.522. The Balaban J connectivity index is 1.42. The van der Waals surface area contributed by atoms with E-state index in [-0.39, 0.29) is 17.7 Å². The molecule has 1 aliphatic heterocycles. The van der Waals surface area contributed by atoms with E-state index in [1.165, 1.54) is 0 Å². The van der Waals surface area contributed by atoms with E-state index in [0.717, 1.165) is 57.7 Å². The van der Waals surface area contributed by atoms with E-state index < -0.39 is 11.5 Å². The predicted octanol–water partition coefficient (Wildman–Crippen LogP) is 2.14. The molecule has 0 unspecified atom stereocenters. The zero-order chi connectivity index (χ0) is 22.5. The van der Waals surface area contributed by atoms with Gasteiger partial charge >= 0.3 is 0 Å². The lowest BCUT2D eigenvalue weighted by molar-refractivity contribution is 0.0681. The minimum atomic E-state index is -0.450. The van der Waals surface area contributed by atoms with Crippen molar-refractivity contribution in [2.45, 2.75) is 37.8 Å². The van der Waals surface area contributed by atoms with Crippen molar-refractivity contribution in [1.29, 1.82) is 0 Å². The molecular weight excluding hydrogens is 408 g/mol. The molecule has 2 aliphatic rings. The number of rotatable bonds is 6. The molecule has 32 heavy (non-hydrogen) atoms. The molecule has 0 aromatic carbocycles. The summed E-state index contributed by atoms with van der Waals surface area (Å²) in [5.41, 5.74) is 0.779. The van der Waals surface area contributed by atoms with E-state index in [0.29, 0.717) is 11.4 Å². The molecule has 0 spiro atoms. The molecule has 0 radical (unpaired) electrons. The van der Waals surface area contributed by atoms with Gasteiger partial charge in [-0.1, -0.05) is 0 Å². The molecule has 3 heterocycles. The van der Waals surface area contributed by atoms with Crippen molar-refractivity contribution in [3.63, 3.8) is 0 Å². The molecule has 2 fully saturated rings. The van der Waals surface area contributed by atoms with E-state index >= 15 is 0 Å². The number of hydrogen-bond donors (Lipinski definition) is 3. The maximum atomic E-state index is 13.0. The number of ether oxygens (including phenoxy) is 1. The summed E-state index contributed by atoms with van der Waals surface area (Å²) in [6.45, 7) is 3.85. The Morgan fingerprint density at radius 3 is 2.53 bits per heavy atom. The molecule has 1 amide bonds. The zero-order valence-corrected chi connectivity index (χ0v) is 18.8. The van der Waals surface area contributed by atoms with Crippen LogP contribution < -0.4 is 21.1 Å². The Labute approximate surface area is 188 Å². The third kappa shape index (κ3) is 5.28. The lowest BCUT2D eigenvalue weighted by Crippen LogP contribution is -2.44. The van der Waals surface area contributed by atoms with Crippen molar-refractivity contribution in [2.24, 2.45) is 0 Å². The first-order valence-corrected chi connectivity index (χ1v) is 11.3. The van der Waals surface area contributed by atoms with E-state index in [2.05, 4.69) is 37.4 Å². The second-order valence-corrected chi connectivity index (χ2v) is 8.60. The fourth-order valence-electron chi connectivity index (χ4n) is 4.36. The standard InChI is InChI=1S/C23H32N6O3/c1-28-11-13-29(14-12-28)20-8-5-17(15-25-20)27-23(31)21-19(9-10-24-22(21)30)26-16-3-6-18(32-2)7-4-16/h5,8-10,15-16,18H,3-4,6-7,11-14H2,1-2H3,(H,27,31)(H2,24,26,30). The molecule has 1 saturated carbocycles. The Hall–Kier alpha value is -2.91. The Kier molecular flexibility index (Phi) is 7.06. The van der Waals surface area contributed by atoms with Crippen molar-refractivity contribution in [1.82, 2.24) is 14.9 Å². The van der Waals surface area contributed by atoms with Gasteiger partial charge in [-0.05, 0) is 50.9 Å². The number of aromatic amines is 1. The summed E-state index contributed by atoms with van der Waals surface area (Å²) in [4.78, 5) is 37.1. The average Bonchev–Trinajstić information content (AvgIpc) is 2.81. The van der Waals surface area contributed by atoms with Crippen LogP contribution in [0.3, 0.4) is 0 Å². The van der Waals surface area contributed by atoms with Crippen molar-refractivity contribution in [2.75, 3.05) is 55.9 Å².